The van der Waals surface area contributed by atoms with Crippen LogP contribution in [0.1, 0.15) is 25.7 Å². The summed E-state index contributed by atoms with van der Waals surface area (Å²) in [5, 5.41) is 14.4. The van der Waals surface area contributed by atoms with E-state index in [2.05, 4.69) is 23.6 Å². The van der Waals surface area contributed by atoms with Crippen LogP contribution in [-0.4, -0.2) is 22.4 Å². The number of hydrogen-bond acceptors (Lipinski definition) is 2. The van der Waals surface area contributed by atoms with Crippen LogP contribution < -0.4 is 11.5 Å². The van der Waals surface area contributed by atoms with E-state index in [0.717, 1.165) is 0 Å². The zero-order valence-corrected chi connectivity index (χ0v) is 7.85. The van der Waals surface area contributed by atoms with Gasteiger partial charge in [0.05, 0.1) is 0 Å². The Balaban J connectivity index is 0. The van der Waals surface area contributed by atoms with Crippen molar-refractivity contribution >= 4 is 12.2 Å². The van der Waals surface area contributed by atoms with E-state index in [0.29, 0.717) is 0 Å². The summed E-state index contributed by atoms with van der Waals surface area (Å²) in [6.07, 6.45) is 7.33. The second kappa shape index (κ2) is 11.3. The molecule has 1 aliphatic carbocycles. The summed E-state index contributed by atoms with van der Waals surface area (Å²) < 4.78 is 0. The fourth-order valence-corrected chi connectivity index (χ4v) is 0.760. The highest BCUT2D eigenvalue weighted by molar-refractivity contribution is 5.61. The summed E-state index contributed by atoms with van der Waals surface area (Å²) in [5.41, 5.74) is 8.06. The van der Waals surface area contributed by atoms with Crippen molar-refractivity contribution in [1.29, 1.82) is 0 Å². The molecule has 1 aliphatic rings. The van der Waals surface area contributed by atoms with Crippen molar-refractivity contribution in [1.82, 2.24) is 0 Å². The minimum Gasteiger partial charge on any atom is -0.465 e. The van der Waals surface area contributed by atoms with Crippen LogP contribution in [0.4, 0.5) is 9.59 Å². The van der Waals surface area contributed by atoms with E-state index in [1.807, 2.05) is 0 Å². The third-order valence-electron chi connectivity index (χ3n) is 1.16. The smallest absolute Gasteiger partial charge is 0.402 e. The van der Waals surface area contributed by atoms with Crippen molar-refractivity contribution in [2.75, 3.05) is 0 Å². The van der Waals surface area contributed by atoms with Gasteiger partial charge in [0.15, 0.2) is 0 Å². The number of rotatable bonds is 0. The van der Waals surface area contributed by atoms with Gasteiger partial charge in [-0.1, -0.05) is 12.2 Å². The maximum Gasteiger partial charge on any atom is 0.402 e. The highest BCUT2D eigenvalue weighted by atomic mass is 16.4. The Kier molecular flexibility index (Phi) is 11.9. The van der Waals surface area contributed by atoms with Gasteiger partial charge in [-0.15, -0.1) is 0 Å². The molecule has 2 amide bonds. The molecule has 0 saturated heterocycles. The Labute approximate surface area is 82.2 Å². The van der Waals surface area contributed by atoms with E-state index in [9.17, 15) is 0 Å². The molecule has 0 fully saturated rings. The maximum absolute atomic E-state index is 8.78. The molecular weight excluding hydrogens is 188 g/mol. The molecule has 14 heavy (non-hydrogen) atoms. The number of allylic oxidation sites excluding steroid dienone is 2. The fourth-order valence-electron chi connectivity index (χ4n) is 0.760. The molecule has 0 bridgehead atoms. The maximum atomic E-state index is 8.78. The molecule has 6 nitrogen and oxygen atoms in total. The monoisotopic (exact) mass is 204 g/mol. The predicted molar refractivity (Wildman–Crippen MR) is 52.0 cm³/mol. The lowest BCUT2D eigenvalue weighted by Gasteiger charge is -1.97. The van der Waals surface area contributed by atoms with Gasteiger partial charge in [0.25, 0.3) is 0 Å². The third kappa shape index (κ3) is 48.3. The van der Waals surface area contributed by atoms with Crippen LogP contribution in [0.15, 0.2) is 12.2 Å². The molecule has 82 valence electrons. The standard InChI is InChI=1S/C6H10.2CH3NO2/c1-2-4-6-5-3-1;2*2-1(3)4/h1-2H,3-6H2;2*2H2,(H,3,4). The molecule has 1 rings (SSSR count). The molecular formula is C8H16N2O4. The van der Waals surface area contributed by atoms with Crippen molar-refractivity contribution in [2.24, 2.45) is 11.5 Å². The molecule has 6 N–H and O–H groups in total. The fraction of sp³-hybridized carbons (Fsp3) is 0.500. The van der Waals surface area contributed by atoms with Gasteiger partial charge in [0, 0.05) is 0 Å². The first-order chi connectivity index (χ1) is 6.46. The summed E-state index contributed by atoms with van der Waals surface area (Å²) in [4.78, 5) is 17.6. The molecule has 0 saturated carbocycles. The minimum absolute atomic E-state index is 1.32. The lowest BCUT2D eigenvalue weighted by atomic mass is 10.1. The normalized spacial score (nSPS) is 12.6. The third-order valence-corrected chi connectivity index (χ3v) is 1.16. The molecule has 0 aromatic heterocycles. The second-order valence-corrected chi connectivity index (χ2v) is 2.43. The molecule has 0 aromatic carbocycles. The quantitative estimate of drug-likeness (QED) is 0.444. The topological polar surface area (TPSA) is 127 Å². The van der Waals surface area contributed by atoms with Gasteiger partial charge >= 0.3 is 12.2 Å². The zero-order chi connectivity index (χ0) is 11.4. The summed E-state index contributed by atoms with van der Waals surface area (Å²) >= 11 is 0. The van der Waals surface area contributed by atoms with Gasteiger partial charge in [-0.3, -0.25) is 0 Å². The van der Waals surface area contributed by atoms with Crippen LogP contribution in [0.5, 0.6) is 0 Å². The van der Waals surface area contributed by atoms with Crippen molar-refractivity contribution in [3.8, 4) is 0 Å². The second-order valence-electron chi connectivity index (χ2n) is 2.43. The van der Waals surface area contributed by atoms with Crippen LogP contribution in [-0.2, 0) is 0 Å². The molecule has 0 unspecified atom stereocenters. The lowest BCUT2D eigenvalue weighted by Crippen LogP contribution is -2.03. The molecule has 0 aliphatic heterocycles. The molecule has 0 spiro atoms. The Hall–Kier alpha value is -1.72. The van der Waals surface area contributed by atoms with Gasteiger partial charge in [-0.2, -0.15) is 0 Å². The number of primary amides is 2. The Bertz CT molecular complexity index is 164. The molecule has 0 atom stereocenters. The number of amides is 2. The minimum atomic E-state index is -1.33. The van der Waals surface area contributed by atoms with Crippen LogP contribution in [0.3, 0.4) is 0 Å². The number of carbonyl (C=O) groups is 2. The number of hydrogen-bond donors (Lipinski definition) is 4. The van der Waals surface area contributed by atoms with Crippen LogP contribution in [0.2, 0.25) is 0 Å². The van der Waals surface area contributed by atoms with E-state index < -0.39 is 12.2 Å². The van der Waals surface area contributed by atoms with E-state index in [1.165, 1.54) is 25.7 Å². The Morgan fingerprint density at radius 1 is 0.929 bits per heavy atom. The van der Waals surface area contributed by atoms with Gasteiger partial charge in [0.2, 0.25) is 0 Å². The van der Waals surface area contributed by atoms with Gasteiger partial charge in [-0.25, -0.2) is 9.59 Å². The number of carboxylic acid groups (broad SMARTS) is 2. The Morgan fingerprint density at radius 3 is 1.21 bits per heavy atom. The summed E-state index contributed by atoms with van der Waals surface area (Å²) in [6, 6.07) is 0. The molecule has 6 heteroatoms. The Morgan fingerprint density at radius 2 is 1.14 bits per heavy atom. The van der Waals surface area contributed by atoms with E-state index >= 15 is 0 Å². The first-order valence-corrected chi connectivity index (χ1v) is 4.08. The van der Waals surface area contributed by atoms with Gasteiger partial charge in [-0.05, 0) is 25.7 Å². The lowest BCUT2D eigenvalue weighted by molar-refractivity contribution is 0.204. The van der Waals surface area contributed by atoms with E-state index in [-0.39, 0.29) is 0 Å². The summed E-state index contributed by atoms with van der Waals surface area (Å²) in [5.74, 6) is 0. The average Bonchev–Trinajstić information content (AvgIpc) is 2.05. The van der Waals surface area contributed by atoms with Crippen molar-refractivity contribution in [2.45, 2.75) is 25.7 Å². The van der Waals surface area contributed by atoms with Crippen LogP contribution >= 0.6 is 0 Å². The summed E-state index contributed by atoms with van der Waals surface area (Å²) in [7, 11) is 0. The zero-order valence-electron chi connectivity index (χ0n) is 7.85. The highest BCUT2D eigenvalue weighted by Crippen LogP contribution is 2.07. The van der Waals surface area contributed by atoms with Gasteiger partial charge in [0.1, 0.15) is 0 Å². The number of nitrogens with two attached hydrogens (primary N) is 2. The largest absolute Gasteiger partial charge is 0.465 e. The van der Waals surface area contributed by atoms with Crippen LogP contribution in [0, 0.1) is 0 Å². The highest BCUT2D eigenvalue weighted by Gasteiger charge is 1.87. The molecule has 0 heterocycles. The van der Waals surface area contributed by atoms with Crippen molar-refractivity contribution < 1.29 is 19.8 Å². The van der Waals surface area contributed by atoms with Crippen LogP contribution in [0.25, 0.3) is 0 Å². The summed E-state index contributed by atoms with van der Waals surface area (Å²) in [6.45, 7) is 0. The average molecular weight is 204 g/mol. The van der Waals surface area contributed by atoms with E-state index in [4.69, 9.17) is 19.8 Å². The van der Waals surface area contributed by atoms with Crippen molar-refractivity contribution in [3.05, 3.63) is 12.2 Å². The van der Waals surface area contributed by atoms with Crippen molar-refractivity contribution in [3.63, 3.8) is 0 Å². The molecule has 0 radical (unpaired) electrons. The van der Waals surface area contributed by atoms with Gasteiger partial charge < -0.3 is 21.7 Å². The van der Waals surface area contributed by atoms with E-state index in [1.54, 1.807) is 0 Å². The first kappa shape index (κ1) is 14.8. The predicted octanol–water partition coefficient (Wildman–Crippen LogP) is 1.36. The first-order valence-electron chi connectivity index (χ1n) is 4.08. The molecule has 0 aromatic rings. The SMILES string of the molecule is C1=CCCCC1.NC(=O)O.NC(=O)O.